The number of hydrogen-bond acceptors (Lipinski definition) is 2. The fourth-order valence-electron chi connectivity index (χ4n) is 0.606. The van der Waals surface area contributed by atoms with Gasteiger partial charge in [-0.25, -0.2) is 4.98 Å². The quantitative estimate of drug-likeness (QED) is 0.516. The maximum absolute atomic E-state index is 8.19. The highest BCUT2D eigenvalue weighted by Crippen LogP contribution is 2.16. The van der Waals surface area contributed by atoms with E-state index in [2.05, 4.69) is 32.8 Å². The number of hydrogen-bond donors (Lipinski definition) is 0. The first-order valence-corrected chi connectivity index (χ1v) is 4.12. The van der Waals surface area contributed by atoms with Crippen molar-refractivity contribution in [2.75, 3.05) is 0 Å². The Morgan fingerprint density at radius 3 is 3.00 bits per heavy atom. The summed E-state index contributed by atoms with van der Waals surface area (Å²) in [5.41, 5.74) is 0.549. The average Bonchev–Trinajstić information content (AvgIpc) is 2.07. The summed E-state index contributed by atoms with van der Waals surface area (Å²) >= 11 is 8.90. The molecule has 0 atom stereocenters. The second-order valence-corrected chi connectivity index (χ2v) is 3.13. The van der Waals surface area contributed by atoms with E-state index in [4.69, 9.17) is 16.9 Å². The van der Waals surface area contributed by atoms with E-state index in [0.717, 1.165) is 4.47 Å². The van der Waals surface area contributed by atoms with E-state index in [1.54, 1.807) is 18.3 Å². The van der Waals surface area contributed by atoms with Gasteiger partial charge >= 0.3 is 0 Å². The Bertz CT molecular complexity index is 398. The summed E-state index contributed by atoms with van der Waals surface area (Å²) in [6, 6.07) is 3.41. The molecule has 0 saturated heterocycles. The number of aromatic nitrogens is 1. The zero-order chi connectivity index (χ0) is 8.97. The Labute approximate surface area is 83.3 Å². The summed E-state index contributed by atoms with van der Waals surface area (Å²) in [4.78, 5) is 3.84. The fraction of sp³-hybridized carbons (Fsp3) is 0. The lowest BCUT2D eigenvalue weighted by molar-refractivity contribution is 1.29. The molecule has 4 heteroatoms. The van der Waals surface area contributed by atoms with E-state index in [9.17, 15) is 0 Å². The number of nitrogens with zero attached hydrogens (tertiary/aromatic N) is 2. The van der Waals surface area contributed by atoms with Crippen molar-refractivity contribution in [1.82, 2.24) is 4.98 Å². The monoisotopic (exact) mass is 240 g/mol. The summed E-state index contributed by atoms with van der Waals surface area (Å²) in [6.07, 6.45) is 1.57. The van der Waals surface area contributed by atoms with Gasteiger partial charge in [0.25, 0.3) is 0 Å². The lowest BCUT2D eigenvalue weighted by Gasteiger charge is -1.93. The SMILES string of the molecule is N#CC#Cc1cc(Br)cnc1Cl. The van der Waals surface area contributed by atoms with E-state index in [1.165, 1.54) is 0 Å². The molecule has 0 aromatic carbocycles. The predicted octanol–water partition coefficient (Wildman–Crippen LogP) is 2.37. The first kappa shape index (κ1) is 9.06. The van der Waals surface area contributed by atoms with Crippen LogP contribution in [0.4, 0.5) is 0 Å². The Morgan fingerprint density at radius 1 is 1.58 bits per heavy atom. The molecule has 1 rings (SSSR count). The molecule has 0 N–H and O–H groups in total. The van der Waals surface area contributed by atoms with Crippen LogP contribution in [0.15, 0.2) is 16.7 Å². The van der Waals surface area contributed by atoms with Crippen LogP contribution in [0, 0.1) is 23.2 Å². The van der Waals surface area contributed by atoms with Gasteiger partial charge in [-0.1, -0.05) is 11.6 Å². The second kappa shape index (κ2) is 4.11. The van der Waals surface area contributed by atoms with Gasteiger partial charge < -0.3 is 0 Å². The molecule has 0 radical (unpaired) electrons. The Balaban J connectivity index is 3.16. The number of rotatable bonds is 0. The molecule has 1 aromatic rings. The van der Waals surface area contributed by atoms with Gasteiger partial charge in [0.1, 0.15) is 5.15 Å². The third-order valence-corrected chi connectivity index (χ3v) is 1.79. The van der Waals surface area contributed by atoms with Crippen LogP contribution in [0.25, 0.3) is 0 Å². The van der Waals surface area contributed by atoms with Crippen LogP contribution in [-0.2, 0) is 0 Å². The highest BCUT2D eigenvalue weighted by molar-refractivity contribution is 9.10. The number of halogens is 2. The van der Waals surface area contributed by atoms with Crippen LogP contribution < -0.4 is 0 Å². The van der Waals surface area contributed by atoms with Crippen molar-refractivity contribution in [2.45, 2.75) is 0 Å². The first-order chi connectivity index (χ1) is 5.74. The highest BCUT2D eigenvalue weighted by atomic mass is 79.9. The Hall–Kier alpha value is -1.03. The van der Waals surface area contributed by atoms with E-state index in [0.29, 0.717) is 10.7 Å². The molecule has 0 aliphatic rings. The molecular weight excluding hydrogens is 239 g/mol. The normalized spacial score (nSPS) is 8.08. The molecule has 0 amide bonds. The van der Waals surface area contributed by atoms with Crippen LogP contribution in [-0.4, -0.2) is 4.98 Å². The van der Waals surface area contributed by atoms with Crippen LogP contribution in [0.5, 0.6) is 0 Å². The minimum Gasteiger partial charge on any atom is -0.242 e. The predicted molar refractivity (Wildman–Crippen MR) is 49.4 cm³/mol. The molecule has 12 heavy (non-hydrogen) atoms. The standard InChI is InChI=1S/C8H2BrClN2/c9-7-4-6(2-1-3-11)8(10)12-5-7/h4-5H. The second-order valence-electron chi connectivity index (χ2n) is 1.85. The van der Waals surface area contributed by atoms with Gasteiger partial charge in [0.2, 0.25) is 0 Å². The van der Waals surface area contributed by atoms with Gasteiger partial charge in [0, 0.05) is 16.6 Å². The van der Waals surface area contributed by atoms with E-state index >= 15 is 0 Å². The third kappa shape index (κ3) is 2.23. The molecule has 0 fully saturated rings. The zero-order valence-corrected chi connectivity index (χ0v) is 8.15. The first-order valence-electron chi connectivity index (χ1n) is 2.95. The van der Waals surface area contributed by atoms with Gasteiger partial charge in [0.05, 0.1) is 5.56 Å². The maximum Gasteiger partial charge on any atom is 0.152 e. The molecule has 0 bridgehead atoms. The van der Waals surface area contributed by atoms with Crippen molar-refractivity contribution in [2.24, 2.45) is 0 Å². The summed E-state index contributed by atoms with van der Waals surface area (Å²) in [5, 5.41) is 8.50. The van der Waals surface area contributed by atoms with Crippen molar-refractivity contribution in [3.8, 4) is 17.9 Å². The summed E-state index contributed by atoms with van der Waals surface area (Å²) in [5.74, 6) is 4.81. The molecule has 2 nitrogen and oxygen atoms in total. The lowest BCUT2D eigenvalue weighted by atomic mass is 10.3. The van der Waals surface area contributed by atoms with Crippen molar-refractivity contribution in [3.63, 3.8) is 0 Å². The zero-order valence-electron chi connectivity index (χ0n) is 5.81. The summed E-state index contributed by atoms with van der Waals surface area (Å²) in [7, 11) is 0. The van der Waals surface area contributed by atoms with Gasteiger partial charge in [-0.3, -0.25) is 0 Å². The van der Waals surface area contributed by atoms with Gasteiger partial charge in [0.15, 0.2) is 6.07 Å². The molecule has 0 saturated carbocycles. The lowest BCUT2D eigenvalue weighted by Crippen LogP contribution is -1.81. The van der Waals surface area contributed by atoms with E-state index in [-0.39, 0.29) is 0 Å². The Morgan fingerprint density at radius 2 is 2.33 bits per heavy atom. The van der Waals surface area contributed by atoms with Crippen LogP contribution in [0.2, 0.25) is 5.15 Å². The van der Waals surface area contributed by atoms with E-state index < -0.39 is 0 Å². The van der Waals surface area contributed by atoms with Crippen molar-refractivity contribution in [3.05, 3.63) is 27.5 Å². The van der Waals surface area contributed by atoms with Crippen molar-refractivity contribution < 1.29 is 0 Å². The van der Waals surface area contributed by atoms with Crippen molar-refractivity contribution >= 4 is 27.5 Å². The smallest absolute Gasteiger partial charge is 0.152 e. The molecule has 0 aliphatic heterocycles. The Kier molecular flexibility index (Phi) is 3.10. The molecule has 0 spiro atoms. The third-order valence-electron chi connectivity index (χ3n) is 1.06. The molecule has 1 aromatic heterocycles. The van der Waals surface area contributed by atoms with Gasteiger partial charge in [-0.2, -0.15) is 5.26 Å². The van der Waals surface area contributed by atoms with Crippen molar-refractivity contribution in [1.29, 1.82) is 5.26 Å². The van der Waals surface area contributed by atoms with Crippen LogP contribution in [0.3, 0.4) is 0 Å². The topological polar surface area (TPSA) is 36.7 Å². The summed E-state index contributed by atoms with van der Waals surface area (Å²) in [6.45, 7) is 0. The minimum absolute atomic E-state index is 0.306. The van der Waals surface area contributed by atoms with Crippen LogP contribution >= 0.6 is 27.5 Å². The van der Waals surface area contributed by atoms with Gasteiger partial charge in [-0.15, -0.1) is 0 Å². The largest absolute Gasteiger partial charge is 0.242 e. The number of nitriles is 1. The minimum atomic E-state index is 0.306. The highest BCUT2D eigenvalue weighted by Gasteiger charge is 1.97. The van der Waals surface area contributed by atoms with Gasteiger partial charge in [-0.05, 0) is 27.9 Å². The van der Waals surface area contributed by atoms with E-state index in [1.807, 2.05) is 0 Å². The number of pyridine rings is 1. The molecular formula is C8H2BrClN2. The summed E-state index contributed by atoms with van der Waals surface area (Å²) < 4.78 is 0.786. The molecule has 0 unspecified atom stereocenters. The fourth-order valence-corrected chi connectivity index (χ4v) is 1.09. The molecule has 1 heterocycles. The maximum atomic E-state index is 8.19. The molecule has 0 aliphatic carbocycles. The average molecular weight is 241 g/mol. The molecule has 58 valence electrons. The van der Waals surface area contributed by atoms with Crippen LogP contribution in [0.1, 0.15) is 5.56 Å².